The van der Waals surface area contributed by atoms with Gasteiger partial charge in [0.2, 0.25) is 0 Å². The second-order valence-corrected chi connectivity index (χ2v) is 9.67. The summed E-state index contributed by atoms with van der Waals surface area (Å²) < 4.78 is 28.2. The van der Waals surface area contributed by atoms with E-state index in [4.69, 9.17) is 0 Å². The van der Waals surface area contributed by atoms with Gasteiger partial charge in [0.1, 0.15) is 0 Å². The molecule has 0 aromatic heterocycles. The van der Waals surface area contributed by atoms with Crippen LogP contribution in [-0.4, -0.2) is 26.6 Å². The van der Waals surface area contributed by atoms with Gasteiger partial charge < -0.3 is 5.32 Å². The van der Waals surface area contributed by atoms with Crippen molar-refractivity contribution in [3.05, 3.63) is 89.5 Å². The van der Waals surface area contributed by atoms with Crippen molar-refractivity contribution in [2.45, 2.75) is 23.6 Å². The second-order valence-electron chi connectivity index (χ2n) is 6.81. The molecule has 0 saturated carbocycles. The van der Waals surface area contributed by atoms with E-state index in [0.717, 1.165) is 21.8 Å². The first-order valence-corrected chi connectivity index (χ1v) is 12.0. The number of nitrogens with one attached hydrogen (secondary N) is 2. The van der Waals surface area contributed by atoms with E-state index in [1.807, 2.05) is 49.4 Å². The molecule has 7 heteroatoms. The predicted molar refractivity (Wildman–Crippen MR) is 123 cm³/mol. The first-order chi connectivity index (χ1) is 14.4. The number of anilines is 1. The Morgan fingerprint density at radius 1 is 0.900 bits per heavy atom. The molecule has 5 nitrogen and oxygen atoms in total. The minimum Gasteiger partial charge on any atom is -0.351 e. The summed E-state index contributed by atoms with van der Waals surface area (Å²) in [5, 5.41) is 2.87. The molecule has 0 unspecified atom stereocenters. The maximum atomic E-state index is 12.8. The Kier molecular flexibility index (Phi) is 7.18. The van der Waals surface area contributed by atoms with E-state index in [1.165, 1.54) is 12.1 Å². The molecule has 3 aromatic rings. The number of hydrogen-bond acceptors (Lipinski definition) is 4. The number of aryl methyl sites for hydroxylation is 2. The van der Waals surface area contributed by atoms with Crippen LogP contribution in [0.25, 0.3) is 0 Å². The van der Waals surface area contributed by atoms with Crippen molar-refractivity contribution in [2.24, 2.45) is 0 Å². The zero-order valence-electron chi connectivity index (χ0n) is 16.9. The van der Waals surface area contributed by atoms with Gasteiger partial charge >= 0.3 is 0 Å². The molecule has 2 N–H and O–H groups in total. The highest BCUT2D eigenvalue weighted by Gasteiger charge is 2.18. The molecule has 0 fully saturated rings. The summed E-state index contributed by atoms with van der Waals surface area (Å²) in [6.45, 7) is 4.11. The predicted octanol–water partition coefficient (Wildman–Crippen LogP) is 4.63. The molecule has 0 saturated heterocycles. The number of thioether (sulfide) groups is 1. The summed E-state index contributed by atoms with van der Waals surface area (Å²) in [7, 11) is -3.80. The van der Waals surface area contributed by atoms with Gasteiger partial charge in [-0.05, 0) is 55.3 Å². The van der Waals surface area contributed by atoms with Crippen LogP contribution in [0.15, 0.2) is 82.6 Å². The average molecular weight is 441 g/mol. The number of carbonyl (C=O) groups excluding carboxylic acids is 1. The summed E-state index contributed by atoms with van der Waals surface area (Å²) in [6.07, 6.45) is 0. The molecule has 3 aromatic carbocycles. The third-order valence-corrected chi connectivity index (χ3v) is 6.93. The number of amides is 1. The Bertz CT molecular complexity index is 1130. The quantitative estimate of drug-likeness (QED) is 0.396. The first-order valence-electron chi connectivity index (χ1n) is 9.52. The Morgan fingerprint density at radius 3 is 2.33 bits per heavy atom. The van der Waals surface area contributed by atoms with Gasteiger partial charge in [-0.25, -0.2) is 8.42 Å². The highest BCUT2D eigenvalue weighted by Crippen LogP contribution is 2.21. The molecule has 0 heterocycles. The number of sulfonamides is 1. The molecule has 0 aliphatic heterocycles. The summed E-state index contributed by atoms with van der Waals surface area (Å²) in [4.78, 5) is 13.8. The maximum absolute atomic E-state index is 12.8. The van der Waals surface area contributed by atoms with Crippen LogP contribution in [0.3, 0.4) is 0 Å². The molecule has 0 bridgehead atoms. The van der Waals surface area contributed by atoms with Crippen molar-refractivity contribution in [1.29, 1.82) is 0 Å². The van der Waals surface area contributed by atoms with Crippen molar-refractivity contribution in [1.82, 2.24) is 5.32 Å². The van der Waals surface area contributed by atoms with Gasteiger partial charge in [-0.1, -0.05) is 42.5 Å². The Morgan fingerprint density at radius 2 is 1.60 bits per heavy atom. The zero-order valence-corrected chi connectivity index (χ0v) is 18.5. The number of carbonyl (C=O) groups is 1. The summed E-state index contributed by atoms with van der Waals surface area (Å²) >= 11 is 1.65. The molecule has 30 heavy (non-hydrogen) atoms. The number of benzene rings is 3. The smallest absolute Gasteiger partial charge is 0.261 e. The molecular weight excluding hydrogens is 416 g/mol. The lowest BCUT2D eigenvalue weighted by Crippen LogP contribution is -2.27. The van der Waals surface area contributed by atoms with Gasteiger partial charge in [0, 0.05) is 22.8 Å². The number of hydrogen-bond donors (Lipinski definition) is 2. The van der Waals surface area contributed by atoms with Gasteiger partial charge in [-0.15, -0.1) is 11.8 Å². The summed E-state index contributed by atoms with van der Waals surface area (Å²) in [5.41, 5.74) is 2.41. The standard InChI is InChI=1S/C23H24N2O3S2/c1-17-12-13-20(30(27,28)25-22-11-7-6-8-18(22)2)16-21(17)23(26)24-14-15-29-19-9-4-3-5-10-19/h3-13,16,25H,14-15H2,1-2H3,(H,24,26). The van der Waals surface area contributed by atoms with Gasteiger partial charge in [-0.2, -0.15) is 0 Å². The summed E-state index contributed by atoms with van der Waals surface area (Å²) in [5.74, 6) is 0.441. The molecule has 0 atom stereocenters. The van der Waals surface area contributed by atoms with Crippen LogP contribution in [0.4, 0.5) is 5.69 Å². The normalized spacial score (nSPS) is 11.1. The molecule has 0 aliphatic carbocycles. The van der Waals surface area contributed by atoms with Gasteiger partial charge in [0.15, 0.2) is 0 Å². The van der Waals surface area contributed by atoms with E-state index in [2.05, 4.69) is 10.0 Å². The van der Waals surface area contributed by atoms with E-state index < -0.39 is 10.0 Å². The van der Waals surface area contributed by atoms with Crippen LogP contribution in [0.1, 0.15) is 21.5 Å². The zero-order chi connectivity index (χ0) is 21.6. The minimum absolute atomic E-state index is 0.0557. The van der Waals surface area contributed by atoms with Crippen LogP contribution < -0.4 is 10.0 Å². The lowest BCUT2D eigenvalue weighted by atomic mass is 10.1. The largest absolute Gasteiger partial charge is 0.351 e. The third kappa shape index (κ3) is 5.64. The number of para-hydroxylation sites is 1. The van der Waals surface area contributed by atoms with Crippen LogP contribution in [0, 0.1) is 13.8 Å². The van der Waals surface area contributed by atoms with Crippen molar-refractivity contribution in [2.75, 3.05) is 17.0 Å². The second kappa shape index (κ2) is 9.82. The topological polar surface area (TPSA) is 75.3 Å². The van der Waals surface area contributed by atoms with Gasteiger partial charge in [0.25, 0.3) is 15.9 Å². The first kappa shape index (κ1) is 21.9. The fourth-order valence-corrected chi connectivity index (χ4v) is 4.80. The molecule has 0 aliphatic rings. The molecular formula is C23H24N2O3S2. The van der Waals surface area contributed by atoms with E-state index in [1.54, 1.807) is 36.9 Å². The molecule has 1 amide bonds. The van der Waals surface area contributed by atoms with Gasteiger partial charge in [0.05, 0.1) is 10.6 Å². The van der Waals surface area contributed by atoms with Crippen LogP contribution in [0.5, 0.6) is 0 Å². The Hall–Kier alpha value is -2.77. The lowest BCUT2D eigenvalue weighted by Gasteiger charge is -2.13. The molecule has 3 rings (SSSR count). The fraction of sp³-hybridized carbons (Fsp3) is 0.174. The average Bonchev–Trinajstić information content (AvgIpc) is 2.73. The molecule has 0 spiro atoms. The molecule has 156 valence electrons. The highest BCUT2D eigenvalue weighted by molar-refractivity contribution is 7.99. The monoisotopic (exact) mass is 440 g/mol. The van der Waals surface area contributed by atoms with E-state index in [9.17, 15) is 13.2 Å². The van der Waals surface area contributed by atoms with Crippen LogP contribution in [0.2, 0.25) is 0 Å². The van der Waals surface area contributed by atoms with Crippen LogP contribution >= 0.6 is 11.8 Å². The Balaban J connectivity index is 1.68. The maximum Gasteiger partial charge on any atom is 0.261 e. The van der Waals surface area contributed by atoms with E-state index in [-0.39, 0.29) is 10.8 Å². The molecule has 0 radical (unpaired) electrons. The van der Waals surface area contributed by atoms with Gasteiger partial charge in [-0.3, -0.25) is 9.52 Å². The van der Waals surface area contributed by atoms with Crippen molar-refractivity contribution >= 4 is 33.4 Å². The number of rotatable bonds is 8. The van der Waals surface area contributed by atoms with E-state index in [0.29, 0.717) is 17.8 Å². The van der Waals surface area contributed by atoms with Crippen LogP contribution in [-0.2, 0) is 10.0 Å². The Labute approximate surface area is 182 Å². The van der Waals surface area contributed by atoms with Crippen molar-refractivity contribution < 1.29 is 13.2 Å². The fourth-order valence-electron chi connectivity index (χ4n) is 2.85. The van der Waals surface area contributed by atoms with Crippen molar-refractivity contribution in [3.8, 4) is 0 Å². The lowest BCUT2D eigenvalue weighted by molar-refractivity contribution is 0.0955. The summed E-state index contributed by atoms with van der Waals surface area (Å²) in [6, 6.07) is 21.7. The SMILES string of the molecule is Cc1ccccc1NS(=O)(=O)c1ccc(C)c(C(=O)NCCSc2ccccc2)c1. The highest BCUT2D eigenvalue weighted by atomic mass is 32.2. The minimum atomic E-state index is -3.80. The van der Waals surface area contributed by atoms with E-state index >= 15 is 0 Å². The third-order valence-electron chi connectivity index (χ3n) is 4.55. The van der Waals surface area contributed by atoms with Crippen molar-refractivity contribution in [3.63, 3.8) is 0 Å².